The second kappa shape index (κ2) is 2.75. The molecule has 1 heterocycles. The Hall–Kier alpha value is -0.300. The monoisotopic (exact) mass is 216 g/mol. The van der Waals surface area contributed by atoms with E-state index in [4.69, 9.17) is 4.74 Å². The van der Waals surface area contributed by atoms with Crippen molar-refractivity contribution in [1.82, 2.24) is 0 Å². The van der Waals surface area contributed by atoms with E-state index in [1.807, 2.05) is 0 Å². The summed E-state index contributed by atoms with van der Waals surface area (Å²) in [5, 5.41) is 0. The summed E-state index contributed by atoms with van der Waals surface area (Å²) in [5.74, 6) is 7.38. The molecular weight excluding hydrogens is 196 g/mol. The number of rotatable bonds is 2. The maximum atomic E-state index is 5.44. The Bertz CT molecular complexity index is 356. The Morgan fingerprint density at radius 3 is 2.62 bits per heavy atom. The third-order valence-electron chi connectivity index (χ3n) is 6.38. The minimum atomic E-state index is 0.664. The van der Waals surface area contributed by atoms with Crippen LogP contribution in [0.4, 0.5) is 0 Å². The Balaban J connectivity index is 1.44. The second-order valence-electron chi connectivity index (χ2n) is 6.95. The van der Waals surface area contributed by atoms with Crippen LogP contribution in [0.5, 0.6) is 0 Å². The summed E-state index contributed by atoms with van der Waals surface area (Å²) in [6.07, 6.45) is 11.8. The van der Waals surface area contributed by atoms with Crippen LogP contribution in [0.1, 0.15) is 25.7 Å². The van der Waals surface area contributed by atoms with Crippen molar-refractivity contribution >= 4 is 0 Å². The van der Waals surface area contributed by atoms with E-state index in [-0.39, 0.29) is 0 Å². The molecule has 8 unspecified atom stereocenters. The van der Waals surface area contributed by atoms with Gasteiger partial charge in [0.1, 0.15) is 0 Å². The smallest absolute Gasteiger partial charge is 0.0812 e. The second-order valence-corrected chi connectivity index (χ2v) is 6.95. The molecule has 4 fully saturated rings. The quantitative estimate of drug-likeness (QED) is 0.393. The molecule has 86 valence electrons. The van der Waals surface area contributed by atoms with Crippen molar-refractivity contribution in [3.8, 4) is 0 Å². The molecular formula is C15H20O. The lowest BCUT2D eigenvalue weighted by atomic mass is 9.68. The average molecular weight is 216 g/mol. The maximum absolute atomic E-state index is 5.44. The fourth-order valence-electron chi connectivity index (χ4n) is 5.97. The molecule has 0 amide bonds. The standard InChI is InChI=1S/C15H20O/c1-2-9-3-8(1)14-11-4-10(5-12-7-16-12)13(6-11)15(9)14/h1-2,8-15H,3-7H2. The SMILES string of the molecule is C1=CC2CC1C1C3CC(CC4CO4)C(C3)C21. The van der Waals surface area contributed by atoms with Gasteiger partial charge in [-0.2, -0.15) is 0 Å². The van der Waals surface area contributed by atoms with Crippen LogP contribution in [0.15, 0.2) is 12.2 Å². The predicted octanol–water partition coefficient (Wildman–Crippen LogP) is 2.87. The number of allylic oxidation sites excluding steroid dienone is 2. The first-order valence-corrected chi connectivity index (χ1v) is 7.20. The number of epoxide rings is 1. The molecule has 4 bridgehead atoms. The van der Waals surface area contributed by atoms with Gasteiger partial charge in [0.15, 0.2) is 0 Å². The van der Waals surface area contributed by atoms with Crippen molar-refractivity contribution in [2.24, 2.45) is 41.4 Å². The molecule has 0 aromatic carbocycles. The van der Waals surface area contributed by atoms with Gasteiger partial charge in [0.05, 0.1) is 12.7 Å². The first-order chi connectivity index (χ1) is 7.90. The Morgan fingerprint density at radius 2 is 1.81 bits per heavy atom. The summed E-state index contributed by atoms with van der Waals surface area (Å²) in [5.41, 5.74) is 0. The first kappa shape index (κ1) is 8.74. The average Bonchev–Trinajstić information content (AvgIpc) is 2.75. The van der Waals surface area contributed by atoms with Crippen LogP contribution in [0, 0.1) is 41.4 Å². The molecule has 1 saturated heterocycles. The predicted molar refractivity (Wildman–Crippen MR) is 61.8 cm³/mol. The largest absolute Gasteiger partial charge is 0.373 e. The Kier molecular flexibility index (Phi) is 1.50. The topological polar surface area (TPSA) is 12.5 Å². The minimum Gasteiger partial charge on any atom is -0.373 e. The van der Waals surface area contributed by atoms with Crippen LogP contribution in [-0.2, 0) is 4.74 Å². The van der Waals surface area contributed by atoms with E-state index in [1.54, 1.807) is 12.8 Å². The highest BCUT2D eigenvalue weighted by Gasteiger charge is 2.61. The van der Waals surface area contributed by atoms with Crippen molar-refractivity contribution < 1.29 is 4.74 Å². The van der Waals surface area contributed by atoms with E-state index in [1.165, 1.54) is 12.8 Å². The molecule has 1 aliphatic heterocycles. The van der Waals surface area contributed by atoms with Crippen LogP contribution in [0.2, 0.25) is 0 Å². The van der Waals surface area contributed by atoms with E-state index in [0.29, 0.717) is 6.10 Å². The summed E-state index contributed by atoms with van der Waals surface area (Å²) in [6.45, 7) is 1.06. The summed E-state index contributed by atoms with van der Waals surface area (Å²) in [4.78, 5) is 0. The van der Waals surface area contributed by atoms with Gasteiger partial charge in [0, 0.05) is 0 Å². The Morgan fingerprint density at radius 1 is 1.00 bits per heavy atom. The number of fused-ring (bicyclic) bond motifs is 9. The number of hydrogen-bond donors (Lipinski definition) is 0. The van der Waals surface area contributed by atoms with Crippen molar-refractivity contribution in [3.63, 3.8) is 0 Å². The van der Waals surface area contributed by atoms with E-state index < -0.39 is 0 Å². The van der Waals surface area contributed by atoms with Crippen molar-refractivity contribution in [3.05, 3.63) is 12.2 Å². The third kappa shape index (κ3) is 0.971. The first-order valence-electron chi connectivity index (χ1n) is 7.20. The Labute approximate surface area is 97.2 Å². The summed E-state index contributed by atoms with van der Waals surface area (Å²) >= 11 is 0. The van der Waals surface area contributed by atoms with E-state index in [9.17, 15) is 0 Å². The van der Waals surface area contributed by atoms with Gasteiger partial charge in [0.2, 0.25) is 0 Å². The van der Waals surface area contributed by atoms with Crippen LogP contribution in [0.3, 0.4) is 0 Å². The molecule has 0 spiro atoms. The zero-order valence-electron chi connectivity index (χ0n) is 9.72. The summed E-state index contributed by atoms with van der Waals surface area (Å²) in [7, 11) is 0. The van der Waals surface area contributed by atoms with Gasteiger partial charge in [0.25, 0.3) is 0 Å². The molecule has 3 saturated carbocycles. The lowest BCUT2D eigenvalue weighted by Crippen LogP contribution is -2.31. The van der Waals surface area contributed by atoms with Crippen LogP contribution < -0.4 is 0 Å². The van der Waals surface area contributed by atoms with Crippen molar-refractivity contribution in [2.75, 3.05) is 6.61 Å². The molecule has 5 aliphatic rings. The zero-order chi connectivity index (χ0) is 10.3. The highest BCUT2D eigenvalue weighted by atomic mass is 16.6. The van der Waals surface area contributed by atoms with Gasteiger partial charge in [-0.25, -0.2) is 0 Å². The molecule has 0 N–H and O–H groups in total. The van der Waals surface area contributed by atoms with Gasteiger partial charge in [-0.1, -0.05) is 12.2 Å². The highest BCUT2D eigenvalue weighted by molar-refractivity contribution is 5.20. The van der Waals surface area contributed by atoms with Crippen LogP contribution in [0.25, 0.3) is 0 Å². The fourth-order valence-corrected chi connectivity index (χ4v) is 5.97. The minimum absolute atomic E-state index is 0.664. The molecule has 0 radical (unpaired) electrons. The molecule has 1 nitrogen and oxygen atoms in total. The van der Waals surface area contributed by atoms with Gasteiger partial charge < -0.3 is 4.74 Å². The van der Waals surface area contributed by atoms with Crippen molar-refractivity contribution in [2.45, 2.75) is 31.8 Å². The van der Waals surface area contributed by atoms with Crippen LogP contribution in [-0.4, -0.2) is 12.7 Å². The molecule has 4 aliphatic carbocycles. The van der Waals surface area contributed by atoms with Crippen molar-refractivity contribution in [1.29, 1.82) is 0 Å². The molecule has 5 rings (SSSR count). The number of ether oxygens (including phenoxy) is 1. The molecule has 0 aromatic heterocycles. The normalized spacial score (nSPS) is 64.2. The third-order valence-corrected chi connectivity index (χ3v) is 6.38. The molecule has 0 aromatic rings. The van der Waals surface area contributed by atoms with E-state index in [2.05, 4.69) is 12.2 Å². The zero-order valence-corrected chi connectivity index (χ0v) is 9.72. The molecule has 8 atom stereocenters. The lowest BCUT2D eigenvalue weighted by molar-refractivity contribution is 0.137. The highest BCUT2D eigenvalue weighted by Crippen LogP contribution is 2.67. The number of hydrogen-bond acceptors (Lipinski definition) is 1. The summed E-state index contributed by atoms with van der Waals surface area (Å²) < 4.78 is 5.44. The van der Waals surface area contributed by atoms with E-state index >= 15 is 0 Å². The van der Waals surface area contributed by atoms with Crippen LogP contribution >= 0.6 is 0 Å². The summed E-state index contributed by atoms with van der Waals surface area (Å²) in [6, 6.07) is 0. The van der Waals surface area contributed by atoms with Gasteiger partial charge in [-0.05, 0) is 67.1 Å². The molecule has 1 heteroatoms. The van der Waals surface area contributed by atoms with Gasteiger partial charge >= 0.3 is 0 Å². The molecule has 16 heavy (non-hydrogen) atoms. The maximum Gasteiger partial charge on any atom is 0.0812 e. The van der Waals surface area contributed by atoms with E-state index in [0.717, 1.165) is 48.0 Å². The lowest BCUT2D eigenvalue weighted by Gasteiger charge is -2.36. The fraction of sp³-hybridized carbons (Fsp3) is 0.867. The van der Waals surface area contributed by atoms with Gasteiger partial charge in [-0.3, -0.25) is 0 Å². The van der Waals surface area contributed by atoms with Gasteiger partial charge in [-0.15, -0.1) is 0 Å².